The lowest BCUT2D eigenvalue weighted by atomic mass is 9.81. The Labute approximate surface area is 128 Å². The number of hydrogen-bond donors (Lipinski definition) is 0. The van der Waals surface area contributed by atoms with Crippen LogP contribution in [0, 0.1) is 5.41 Å². The lowest BCUT2D eigenvalue weighted by Crippen LogP contribution is -2.44. The van der Waals surface area contributed by atoms with E-state index >= 15 is 0 Å². The topological polar surface area (TPSA) is 6.48 Å². The van der Waals surface area contributed by atoms with Crippen LogP contribution in [-0.4, -0.2) is 54.9 Å². The van der Waals surface area contributed by atoms with Gasteiger partial charge in [0.25, 0.3) is 0 Å². The van der Waals surface area contributed by atoms with Crippen LogP contribution in [0.3, 0.4) is 0 Å². The van der Waals surface area contributed by atoms with Crippen molar-refractivity contribution in [1.82, 2.24) is 9.80 Å². The van der Waals surface area contributed by atoms with Crippen molar-refractivity contribution < 1.29 is 0 Å². The first-order valence-corrected chi connectivity index (χ1v) is 9.22. The van der Waals surface area contributed by atoms with Gasteiger partial charge in [-0.3, -0.25) is 4.90 Å². The molecule has 2 fully saturated rings. The van der Waals surface area contributed by atoms with Crippen molar-refractivity contribution in [2.75, 3.05) is 39.1 Å². The molecule has 1 aliphatic carbocycles. The van der Waals surface area contributed by atoms with Crippen LogP contribution in [-0.2, 0) is 0 Å². The summed E-state index contributed by atoms with van der Waals surface area (Å²) in [4.78, 5) is 5.16. The van der Waals surface area contributed by atoms with Gasteiger partial charge >= 0.3 is 0 Å². The van der Waals surface area contributed by atoms with E-state index in [2.05, 4.69) is 39.8 Å². The smallest absolute Gasteiger partial charge is 0.0223 e. The molecule has 0 amide bonds. The lowest BCUT2D eigenvalue weighted by molar-refractivity contribution is 0.125. The van der Waals surface area contributed by atoms with Gasteiger partial charge in [-0.05, 0) is 51.7 Å². The van der Waals surface area contributed by atoms with Crippen molar-refractivity contribution in [2.24, 2.45) is 5.41 Å². The number of likely N-dealkylation sites (N-methyl/N-ethyl adjacent to an activating group) is 1. The summed E-state index contributed by atoms with van der Waals surface area (Å²) in [5.74, 6) is 0. The van der Waals surface area contributed by atoms with E-state index in [1.165, 1.54) is 76.3 Å². The standard InChI is InChI=1S/C16H31BrN2/c1-18(2)12-15-8-7-11-19(15)14-16(13-17)9-5-3-4-6-10-16/h15H,3-14H2,1-2H3. The molecular formula is C16H31BrN2. The summed E-state index contributed by atoms with van der Waals surface area (Å²) in [6.45, 7) is 3.89. The molecule has 1 heterocycles. The first kappa shape index (κ1) is 15.8. The lowest BCUT2D eigenvalue weighted by Gasteiger charge is -2.38. The highest BCUT2D eigenvalue weighted by molar-refractivity contribution is 9.09. The Hall–Kier alpha value is 0.400. The summed E-state index contributed by atoms with van der Waals surface area (Å²) >= 11 is 3.84. The van der Waals surface area contributed by atoms with Gasteiger partial charge in [-0.1, -0.05) is 41.6 Å². The van der Waals surface area contributed by atoms with Crippen LogP contribution in [0.1, 0.15) is 51.4 Å². The summed E-state index contributed by atoms with van der Waals surface area (Å²) in [6.07, 6.45) is 11.5. The summed E-state index contributed by atoms with van der Waals surface area (Å²) in [5, 5.41) is 1.20. The molecule has 0 aromatic rings. The highest BCUT2D eigenvalue weighted by Gasteiger charge is 2.35. The van der Waals surface area contributed by atoms with Crippen LogP contribution in [0.4, 0.5) is 0 Å². The number of halogens is 1. The molecule has 0 radical (unpaired) electrons. The predicted molar refractivity (Wildman–Crippen MR) is 87.1 cm³/mol. The van der Waals surface area contributed by atoms with E-state index in [0.29, 0.717) is 5.41 Å². The van der Waals surface area contributed by atoms with Crippen molar-refractivity contribution in [3.05, 3.63) is 0 Å². The maximum absolute atomic E-state index is 3.84. The number of alkyl halides is 1. The van der Waals surface area contributed by atoms with Crippen molar-refractivity contribution in [1.29, 1.82) is 0 Å². The van der Waals surface area contributed by atoms with Gasteiger partial charge in [-0.2, -0.15) is 0 Å². The van der Waals surface area contributed by atoms with Crippen molar-refractivity contribution in [3.63, 3.8) is 0 Å². The Morgan fingerprint density at radius 1 is 1.11 bits per heavy atom. The molecule has 2 rings (SSSR count). The monoisotopic (exact) mass is 330 g/mol. The summed E-state index contributed by atoms with van der Waals surface area (Å²) in [5.41, 5.74) is 0.561. The second kappa shape index (κ2) is 7.42. The first-order chi connectivity index (χ1) is 9.15. The second-order valence-electron chi connectivity index (χ2n) is 7.08. The average molecular weight is 331 g/mol. The molecule has 0 aromatic heterocycles. The van der Waals surface area contributed by atoms with Gasteiger partial charge in [0.2, 0.25) is 0 Å². The molecule has 0 bridgehead atoms. The molecule has 19 heavy (non-hydrogen) atoms. The van der Waals surface area contributed by atoms with E-state index in [-0.39, 0.29) is 0 Å². The van der Waals surface area contributed by atoms with E-state index in [9.17, 15) is 0 Å². The van der Waals surface area contributed by atoms with Gasteiger partial charge in [-0.15, -0.1) is 0 Å². The quantitative estimate of drug-likeness (QED) is 0.559. The van der Waals surface area contributed by atoms with Crippen LogP contribution in [0.25, 0.3) is 0 Å². The zero-order valence-electron chi connectivity index (χ0n) is 12.8. The van der Waals surface area contributed by atoms with E-state index in [1.807, 2.05) is 0 Å². The molecule has 2 aliphatic rings. The molecule has 112 valence electrons. The number of likely N-dealkylation sites (tertiary alicyclic amines) is 1. The maximum Gasteiger partial charge on any atom is 0.0223 e. The van der Waals surface area contributed by atoms with Crippen LogP contribution in [0.5, 0.6) is 0 Å². The third kappa shape index (κ3) is 4.44. The van der Waals surface area contributed by atoms with E-state index in [0.717, 1.165) is 6.04 Å². The first-order valence-electron chi connectivity index (χ1n) is 8.10. The second-order valence-corrected chi connectivity index (χ2v) is 7.64. The molecular weight excluding hydrogens is 300 g/mol. The number of hydrogen-bond acceptors (Lipinski definition) is 2. The Bertz CT molecular complexity index is 259. The van der Waals surface area contributed by atoms with Gasteiger partial charge in [0.1, 0.15) is 0 Å². The molecule has 1 unspecified atom stereocenters. The molecule has 0 spiro atoms. The Balaban J connectivity index is 1.96. The molecule has 3 heteroatoms. The normalized spacial score (nSPS) is 28.7. The van der Waals surface area contributed by atoms with Gasteiger partial charge in [0.15, 0.2) is 0 Å². The largest absolute Gasteiger partial charge is 0.308 e. The zero-order valence-corrected chi connectivity index (χ0v) is 14.4. The fraction of sp³-hybridized carbons (Fsp3) is 1.00. The van der Waals surface area contributed by atoms with Crippen molar-refractivity contribution in [2.45, 2.75) is 57.4 Å². The number of nitrogens with zero attached hydrogens (tertiary/aromatic N) is 2. The fourth-order valence-electron chi connectivity index (χ4n) is 3.97. The van der Waals surface area contributed by atoms with Crippen molar-refractivity contribution in [3.8, 4) is 0 Å². The minimum absolute atomic E-state index is 0.561. The van der Waals surface area contributed by atoms with E-state index in [1.54, 1.807) is 0 Å². The van der Waals surface area contributed by atoms with E-state index < -0.39 is 0 Å². The average Bonchev–Trinajstić information content (AvgIpc) is 2.65. The van der Waals surface area contributed by atoms with Gasteiger partial charge < -0.3 is 4.90 Å². The van der Waals surface area contributed by atoms with Gasteiger partial charge in [0.05, 0.1) is 0 Å². The highest BCUT2D eigenvalue weighted by atomic mass is 79.9. The minimum Gasteiger partial charge on any atom is -0.308 e. The maximum atomic E-state index is 3.84. The Morgan fingerprint density at radius 3 is 2.37 bits per heavy atom. The molecule has 0 N–H and O–H groups in total. The van der Waals surface area contributed by atoms with Crippen LogP contribution < -0.4 is 0 Å². The molecule has 2 nitrogen and oxygen atoms in total. The summed E-state index contributed by atoms with van der Waals surface area (Å²) in [7, 11) is 4.42. The molecule has 1 saturated carbocycles. The molecule has 1 saturated heterocycles. The minimum atomic E-state index is 0.561. The van der Waals surface area contributed by atoms with Crippen LogP contribution >= 0.6 is 15.9 Å². The van der Waals surface area contributed by atoms with E-state index in [4.69, 9.17) is 0 Å². The summed E-state index contributed by atoms with van der Waals surface area (Å²) < 4.78 is 0. The summed E-state index contributed by atoms with van der Waals surface area (Å²) in [6, 6.07) is 0.800. The van der Waals surface area contributed by atoms with Crippen LogP contribution in [0.2, 0.25) is 0 Å². The highest BCUT2D eigenvalue weighted by Crippen LogP contribution is 2.38. The van der Waals surface area contributed by atoms with Crippen molar-refractivity contribution >= 4 is 15.9 Å². The molecule has 1 aliphatic heterocycles. The van der Waals surface area contributed by atoms with Crippen LogP contribution in [0.15, 0.2) is 0 Å². The molecule has 0 aromatic carbocycles. The number of rotatable bonds is 5. The zero-order chi connectivity index (χ0) is 13.7. The Morgan fingerprint density at radius 2 is 1.79 bits per heavy atom. The fourth-order valence-corrected chi connectivity index (χ4v) is 4.71. The van der Waals surface area contributed by atoms with Gasteiger partial charge in [-0.25, -0.2) is 0 Å². The van der Waals surface area contributed by atoms with Gasteiger partial charge in [0, 0.05) is 24.5 Å². The molecule has 1 atom stereocenters. The SMILES string of the molecule is CN(C)CC1CCCN1CC1(CBr)CCCCCC1. The predicted octanol–water partition coefficient (Wildman–Crippen LogP) is 3.75. The third-order valence-electron chi connectivity index (χ3n) is 5.06. The Kier molecular flexibility index (Phi) is 6.16. The third-order valence-corrected chi connectivity index (χ3v) is 6.25.